The molecule has 0 saturated carbocycles. The van der Waals surface area contributed by atoms with Gasteiger partial charge in [-0.25, -0.2) is 0 Å². The minimum Gasteiger partial charge on any atom is -0.510 e. The minimum atomic E-state index is 0. The fourth-order valence-electron chi connectivity index (χ4n) is 3.32. The minimum absolute atomic E-state index is 0. The van der Waals surface area contributed by atoms with Gasteiger partial charge in [0.15, 0.2) is 0 Å². The van der Waals surface area contributed by atoms with E-state index in [9.17, 15) is 0 Å². The molecule has 1 aliphatic rings. The Kier molecular flexibility index (Phi) is 5.74. The van der Waals surface area contributed by atoms with Gasteiger partial charge < -0.3 is 24.2 Å². The van der Waals surface area contributed by atoms with Gasteiger partial charge in [0.25, 0.3) is 0 Å². The molecular formula is C23H17IrN6. The second-order valence-electron chi connectivity index (χ2n) is 6.55. The maximum atomic E-state index is 4.43. The van der Waals surface area contributed by atoms with Gasteiger partial charge in [0.2, 0.25) is 0 Å². The zero-order chi connectivity index (χ0) is 19.6. The van der Waals surface area contributed by atoms with E-state index in [1.165, 1.54) is 0 Å². The zero-order valence-corrected chi connectivity index (χ0v) is 18.5. The van der Waals surface area contributed by atoms with Crippen molar-refractivity contribution < 1.29 is 20.1 Å². The van der Waals surface area contributed by atoms with E-state index in [-0.39, 0.29) is 20.1 Å². The standard InChI is InChI=1S/C13H7N4.C10H10N2.Ir/c1-3-10-11(14-5-1)9-4-2-6-15-12(9)17-8-7-16-13(10)17;1-11-7-8-12(9-11)10-5-3-2-4-6-10;/h1-7H;2-5,7-9H,1H3;/q-1;-2;+3. The van der Waals surface area contributed by atoms with E-state index in [0.717, 1.165) is 33.3 Å². The fourth-order valence-corrected chi connectivity index (χ4v) is 3.32. The maximum absolute atomic E-state index is 4.43. The average molecular weight is 570 g/mol. The largest absolute Gasteiger partial charge is 3.00 e. The quantitative estimate of drug-likeness (QED) is 0.225. The molecule has 148 valence electrons. The molecule has 0 unspecified atom stereocenters. The molecule has 0 N–H and O–H groups in total. The summed E-state index contributed by atoms with van der Waals surface area (Å²) >= 11 is 0. The van der Waals surface area contributed by atoms with E-state index in [1.807, 2.05) is 88.8 Å². The van der Waals surface area contributed by atoms with Crippen LogP contribution in [0.2, 0.25) is 0 Å². The van der Waals surface area contributed by atoms with E-state index in [2.05, 4.69) is 27.2 Å². The predicted octanol–water partition coefficient (Wildman–Crippen LogP) is 4.06. The first-order chi connectivity index (χ1) is 14.3. The van der Waals surface area contributed by atoms with Gasteiger partial charge in [-0.1, -0.05) is 18.3 Å². The molecule has 5 aromatic rings. The molecule has 4 aromatic heterocycles. The van der Waals surface area contributed by atoms with Crippen LogP contribution < -0.4 is 4.90 Å². The number of pyridine rings is 3. The zero-order valence-electron chi connectivity index (χ0n) is 16.1. The van der Waals surface area contributed by atoms with Gasteiger partial charge in [-0.3, -0.25) is 4.98 Å². The van der Waals surface area contributed by atoms with Gasteiger partial charge in [-0.15, -0.1) is 5.69 Å². The molecule has 30 heavy (non-hydrogen) atoms. The Bertz CT molecular complexity index is 1250. The van der Waals surface area contributed by atoms with Gasteiger partial charge in [-0.2, -0.15) is 37.0 Å². The summed E-state index contributed by atoms with van der Waals surface area (Å²) in [7, 11) is 2.00. The number of hydrogen-bond donors (Lipinski definition) is 0. The molecule has 1 aromatic carbocycles. The summed E-state index contributed by atoms with van der Waals surface area (Å²) in [6.45, 7) is 2.01. The van der Waals surface area contributed by atoms with Crippen molar-refractivity contribution in [3.05, 3.63) is 98.5 Å². The number of imidazole rings is 1. The van der Waals surface area contributed by atoms with Crippen LogP contribution in [0.1, 0.15) is 0 Å². The molecule has 1 aliphatic heterocycles. The average Bonchev–Trinajstić information content (AvgIpc) is 3.45. The van der Waals surface area contributed by atoms with Crippen LogP contribution in [-0.4, -0.2) is 31.3 Å². The molecule has 0 atom stereocenters. The Morgan fingerprint density at radius 1 is 0.867 bits per heavy atom. The Balaban J connectivity index is 0.000000149. The van der Waals surface area contributed by atoms with E-state index in [1.54, 1.807) is 18.6 Å². The third-order valence-corrected chi connectivity index (χ3v) is 4.63. The van der Waals surface area contributed by atoms with Gasteiger partial charge in [0.1, 0.15) is 0 Å². The summed E-state index contributed by atoms with van der Waals surface area (Å²) in [4.78, 5) is 17.2. The third-order valence-electron chi connectivity index (χ3n) is 4.63. The van der Waals surface area contributed by atoms with Crippen LogP contribution in [0.25, 0.3) is 27.6 Å². The number of benzene rings is 1. The normalized spacial score (nSPS) is 12.8. The number of para-hydroxylation sites is 1. The summed E-state index contributed by atoms with van der Waals surface area (Å²) in [6, 6.07) is 18.9. The smallest absolute Gasteiger partial charge is 0.510 e. The molecule has 7 heteroatoms. The van der Waals surface area contributed by atoms with E-state index >= 15 is 0 Å². The molecule has 0 saturated heterocycles. The van der Waals surface area contributed by atoms with E-state index in [4.69, 9.17) is 0 Å². The molecule has 0 spiro atoms. The number of hydrogen-bond acceptors (Lipinski definition) is 5. The predicted molar refractivity (Wildman–Crippen MR) is 114 cm³/mol. The van der Waals surface area contributed by atoms with Crippen LogP contribution in [0.4, 0.5) is 5.69 Å². The van der Waals surface area contributed by atoms with Crippen LogP contribution >= 0.6 is 0 Å². The first-order valence-corrected chi connectivity index (χ1v) is 9.18. The van der Waals surface area contributed by atoms with Crippen molar-refractivity contribution in [3.63, 3.8) is 0 Å². The molecule has 0 aliphatic carbocycles. The van der Waals surface area contributed by atoms with Gasteiger partial charge in [0, 0.05) is 23.7 Å². The Labute approximate surface area is 187 Å². The summed E-state index contributed by atoms with van der Waals surface area (Å²) < 4.78 is 1.87. The monoisotopic (exact) mass is 570 g/mol. The van der Waals surface area contributed by atoms with Crippen molar-refractivity contribution in [1.29, 1.82) is 0 Å². The van der Waals surface area contributed by atoms with Crippen LogP contribution in [0.15, 0.2) is 79.5 Å². The van der Waals surface area contributed by atoms with E-state index < -0.39 is 0 Å². The molecule has 0 amide bonds. The number of fused-ring (bicyclic) bond motifs is 6. The van der Waals surface area contributed by atoms with Gasteiger partial charge in [0.05, 0.1) is 5.52 Å². The topological polar surface area (TPSA) is 49.6 Å². The van der Waals surface area contributed by atoms with Crippen molar-refractivity contribution >= 4 is 33.3 Å². The number of aromatic nitrogens is 4. The van der Waals surface area contributed by atoms with Gasteiger partial charge in [-0.05, 0) is 48.5 Å². The number of anilines is 1. The van der Waals surface area contributed by atoms with Crippen molar-refractivity contribution in [1.82, 2.24) is 24.3 Å². The number of nitrogens with zero attached hydrogens (tertiary/aromatic N) is 6. The molecular weight excluding hydrogens is 553 g/mol. The van der Waals surface area contributed by atoms with Gasteiger partial charge >= 0.3 is 20.1 Å². The Morgan fingerprint density at radius 2 is 1.63 bits per heavy atom. The van der Waals surface area contributed by atoms with Crippen LogP contribution in [-0.2, 0) is 20.1 Å². The fraction of sp³-hybridized carbons (Fsp3) is 0.0435. The van der Waals surface area contributed by atoms with E-state index in [0.29, 0.717) is 0 Å². The molecule has 6 nitrogen and oxygen atoms in total. The summed E-state index contributed by atoms with van der Waals surface area (Å²) in [5, 5.41) is 2.04. The third kappa shape index (κ3) is 3.65. The first-order valence-electron chi connectivity index (χ1n) is 9.18. The maximum Gasteiger partial charge on any atom is 3.00 e. The summed E-state index contributed by atoms with van der Waals surface area (Å²) in [5.41, 5.74) is 3.69. The molecule has 0 radical (unpaired) electrons. The summed E-state index contributed by atoms with van der Waals surface area (Å²) in [6.07, 6.45) is 12.3. The summed E-state index contributed by atoms with van der Waals surface area (Å²) in [5.74, 6) is 0. The van der Waals surface area contributed by atoms with Crippen LogP contribution in [0.3, 0.4) is 0 Å². The van der Waals surface area contributed by atoms with Crippen molar-refractivity contribution in [3.8, 4) is 0 Å². The Hall–Kier alpha value is -3.28. The van der Waals surface area contributed by atoms with Crippen molar-refractivity contribution in [2.24, 2.45) is 0 Å². The second kappa shape index (κ2) is 8.61. The van der Waals surface area contributed by atoms with Crippen molar-refractivity contribution in [2.45, 2.75) is 0 Å². The van der Waals surface area contributed by atoms with Crippen LogP contribution in [0.5, 0.6) is 0 Å². The Morgan fingerprint density at radius 3 is 2.33 bits per heavy atom. The first kappa shape index (κ1) is 20.0. The molecule has 0 bridgehead atoms. The molecule has 5 heterocycles. The number of rotatable bonds is 1. The van der Waals surface area contributed by atoms with Crippen LogP contribution in [0, 0.1) is 18.9 Å². The second-order valence-corrected chi connectivity index (χ2v) is 6.55. The molecule has 6 rings (SSSR count). The van der Waals surface area contributed by atoms with Crippen molar-refractivity contribution in [2.75, 3.05) is 11.9 Å². The molecule has 0 fully saturated rings. The SMILES string of the molecule is CN1C=CN(c2[c-]cccc2)[CH-]1.[Ir+3].[c-]1cnc2c3cccnc3c3cccnc3n12.